The molecule has 6 nitrogen and oxygen atoms in total. The number of hydrogen-bond donors (Lipinski definition) is 0. The first-order valence-electron chi connectivity index (χ1n) is 11.3. The fourth-order valence-electron chi connectivity index (χ4n) is 4.73. The third-order valence-corrected chi connectivity index (χ3v) is 6.34. The first-order valence-corrected chi connectivity index (χ1v) is 11.3. The molecule has 2 aliphatic rings. The number of methoxy groups -OCH3 is 2. The number of hydrogen-bond acceptors (Lipinski definition) is 6. The molecule has 4 rings (SSSR count). The van der Waals surface area contributed by atoms with Crippen molar-refractivity contribution in [2.45, 2.75) is 38.5 Å². The van der Waals surface area contributed by atoms with E-state index < -0.39 is 11.8 Å². The molecule has 2 aromatic carbocycles. The summed E-state index contributed by atoms with van der Waals surface area (Å²) >= 11 is 0. The number of benzene rings is 2. The van der Waals surface area contributed by atoms with Gasteiger partial charge in [0.15, 0.2) is 5.78 Å². The summed E-state index contributed by atoms with van der Waals surface area (Å²) in [6.45, 7) is 2.10. The van der Waals surface area contributed by atoms with Crippen LogP contribution in [0.15, 0.2) is 64.8 Å². The monoisotopic (exact) mass is 447 g/mol. The van der Waals surface area contributed by atoms with Crippen molar-refractivity contribution in [3.05, 3.63) is 70.9 Å². The van der Waals surface area contributed by atoms with Gasteiger partial charge in [0.2, 0.25) is 0 Å². The predicted octanol–water partition coefficient (Wildman–Crippen LogP) is 4.67. The van der Waals surface area contributed by atoms with Gasteiger partial charge in [-0.25, -0.2) is 0 Å². The largest absolute Gasteiger partial charge is 0.497 e. The SMILES string of the molecule is COc1ccc(OC)c([C@H]2C3=C(CCCC3=O)N=C(C)C2C(=O)OCCc2ccccc2)c1. The van der Waals surface area contributed by atoms with Crippen molar-refractivity contribution in [1.82, 2.24) is 0 Å². The van der Waals surface area contributed by atoms with Crippen LogP contribution in [0, 0.1) is 5.92 Å². The molecule has 2 atom stereocenters. The molecule has 6 heteroatoms. The van der Waals surface area contributed by atoms with Gasteiger partial charge in [0.05, 0.1) is 20.8 Å². The normalized spacial score (nSPS) is 20.1. The molecule has 172 valence electrons. The highest BCUT2D eigenvalue weighted by molar-refractivity contribution is 6.09. The van der Waals surface area contributed by atoms with Crippen molar-refractivity contribution in [3.8, 4) is 11.5 Å². The summed E-state index contributed by atoms with van der Waals surface area (Å²) in [6.07, 6.45) is 2.56. The molecular weight excluding hydrogens is 418 g/mol. The minimum Gasteiger partial charge on any atom is -0.497 e. The van der Waals surface area contributed by atoms with E-state index >= 15 is 0 Å². The van der Waals surface area contributed by atoms with Crippen LogP contribution in [0.25, 0.3) is 0 Å². The summed E-state index contributed by atoms with van der Waals surface area (Å²) < 4.78 is 16.8. The highest BCUT2D eigenvalue weighted by Gasteiger charge is 2.44. The van der Waals surface area contributed by atoms with Gasteiger partial charge in [-0.15, -0.1) is 0 Å². The van der Waals surface area contributed by atoms with Gasteiger partial charge in [0.25, 0.3) is 0 Å². The highest BCUT2D eigenvalue weighted by Crippen LogP contribution is 2.47. The second-order valence-corrected chi connectivity index (χ2v) is 8.36. The van der Waals surface area contributed by atoms with Crippen molar-refractivity contribution in [3.63, 3.8) is 0 Å². The molecule has 1 aliphatic carbocycles. The van der Waals surface area contributed by atoms with Gasteiger partial charge in [-0.3, -0.25) is 14.6 Å². The number of Topliss-reactive ketones (excluding diaryl/α,β-unsaturated/α-hetero) is 1. The van der Waals surface area contributed by atoms with Crippen molar-refractivity contribution in [2.75, 3.05) is 20.8 Å². The predicted molar refractivity (Wildman–Crippen MR) is 126 cm³/mol. The Morgan fingerprint density at radius 3 is 2.58 bits per heavy atom. The zero-order chi connectivity index (χ0) is 23.4. The smallest absolute Gasteiger partial charge is 0.315 e. The number of carbonyl (C=O) groups is 2. The molecule has 0 N–H and O–H groups in total. The number of allylic oxidation sites excluding steroid dienone is 2. The molecule has 0 aromatic heterocycles. The van der Waals surface area contributed by atoms with Gasteiger partial charge in [-0.1, -0.05) is 30.3 Å². The van der Waals surface area contributed by atoms with Crippen LogP contribution in [0.2, 0.25) is 0 Å². The maximum atomic E-state index is 13.4. The lowest BCUT2D eigenvalue weighted by atomic mass is 9.71. The Kier molecular flexibility index (Phi) is 6.92. The third-order valence-electron chi connectivity index (χ3n) is 6.34. The molecule has 1 aliphatic heterocycles. The molecule has 0 fully saturated rings. The number of ether oxygens (including phenoxy) is 3. The van der Waals surface area contributed by atoms with Crippen LogP contribution in [0.1, 0.15) is 43.2 Å². The van der Waals surface area contributed by atoms with Gasteiger partial charge in [0.1, 0.15) is 17.4 Å². The van der Waals surface area contributed by atoms with E-state index in [9.17, 15) is 9.59 Å². The molecule has 1 heterocycles. The van der Waals surface area contributed by atoms with Crippen molar-refractivity contribution in [1.29, 1.82) is 0 Å². The van der Waals surface area contributed by atoms with Gasteiger partial charge < -0.3 is 14.2 Å². The van der Waals surface area contributed by atoms with E-state index in [2.05, 4.69) is 0 Å². The van der Waals surface area contributed by atoms with E-state index in [1.807, 2.05) is 43.3 Å². The van der Waals surface area contributed by atoms with Gasteiger partial charge in [-0.2, -0.15) is 0 Å². The average molecular weight is 448 g/mol. The van der Waals surface area contributed by atoms with E-state index in [4.69, 9.17) is 19.2 Å². The van der Waals surface area contributed by atoms with Gasteiger partial charge >= 0.3 is 5.97 Å². The minimum absolute atomic E-state index is 0.0319. The Balaban J connectivity index is 1.70. The summed E-state index contributed by atoms with van der Waals surface area (Å²) in [4.78, 5) is 31.2. The standard InChI is InChI=1S/C27H29NO5/c1-17-24(27(30)33-15-14-18-8-5-4-6-9-18)25(26-21(28-17)10-7-11-22(26)29)20-16-19(31-2)12-13-23(20)32-3/h4-6,8-9,12-13,16,24-25H,7,10-11,14-15H2,1-3H3/t24?,25-/m1/s1. The molecule has 0 spiro atoms. The van der Waals surface area contributed by atoms with Gasteiger partial charge in [0, 0.05) is 41.3 Å². The fraction of sp³-hybridized carbons (Fsp3) is 0.370. The molecule has 1 unspecified atom stereocenters. The molecule has 0 bridgehead atoms. The Morgan fingerprint density at radius 2 is 1.85 bits per heavy atom. The van der Waals surface area contributed by atoms with Crippen molar-refractivity contribution >= 4 is 17.5 Å². The number of rotatable bonds is 7. The maximum Gasteiger partial charge on any atom is 0.315 e. The van der Waals surface area contributed by atoms with Crippen LogP contribution in [-0.2, 0) is 20.7 Å². The Labute approximate surface area is 194 Å². The van der Waals surface area contributed by atoms with Gasteiger partial charge in [-0.05, 0) is 43.5 Å². The van der Waals surface area contributed by atoms with E-state index in [0.717, 1.165) is 29.7 Å². The number of aliphatic imine (C=N–C) groups is 1. The molecule has 2 aromatic rings. The van der Waals surface area contributed by atoms with Crippen molar-refractivity contribution in [2.24, 2.45) is 10.9 Å². The molecular formula is C27H29NO5. The summed E-state index contributed by atoms with van der Waals surface area (Å²) in [6, 6.07) is 15.3. The summed E-state index contributed by atoms with van der Waals surface area (Å²) in [7, 11) is 3.17. The first kappa shape index (κ1) is 22.8. The molecule has 0 amide bonds. The summed E-state index contributed by atoms with van der Waals surface area (Å²) in [5.41, 5.74) is 3.86. The molecule has 0 radical (unpaired) electrons. The van der Waals surface area contributed by atoms with E-state index in [-0.39, 0.29) is 18.4 Å². The Morgan fingerprint density at radius 1 is 1.06 bits per heavy atom. The molecule has 33 heavy (non-hydrogen) atoms. The van der Waals surface area contributed by atoms with E-state index in [0.29, 0.717) is 35.6 Å². The lowest BCUT2D eigenvalue weighted by Crippen LogP contribution is -2.37. The number of ketones is 1. The van der Waals surface area contributed by atoms with Crippen LogP contribution >= 0.6 is 0 Å². The van der Waals surface area contributed by atoms with Crippen LogP contribution in [-0.4, -0.2) is 38.3 Å². The number of carbonyl (C=O) groups excluding carboxylic acids is 2. The number of esters is 1. The lowest BCUT2D eigenvalue weighted by molar-refractivity contribution is -0.146. The zero-order valence-corrected chi connectivity index (χ0v) is 19.3. The van der Waals surface area contributed by atoms with E-state index in [1.54, 1.807) is 26.4 Å². The van der Waals surface area contributed by atoms with Crippen LogP contribution in [0.5, 0.6) is 11.5 Å². The fourth-order valence-corrected chi connectivity index (χ4v) is 4.73. The average Bonchev–Trinajstić information content (AvgIpc) is 2.83. The maximum absolute atomic E-state index is 13.4. The van der Waals surface area contributed by atoms with Crippen LogP contribution in [0.4, 0.5) is 0 Å². The Bertz CT molecular complexity index is 1100. The summed E-state index contributed by atoms with van der Waals surface area (Å²) in [5, 5.41) is 0. The quantitative estimate of drug-likeness (QED) is 0.577. The third kappa shape index (κ3) is 4.70. The van der Waals surface area contributed by atoms with Crippen molar-refractivity contribution < 1.29 is 23.8 Å². The Hall–Kier alpha value is -3.41. The topological polar surface area (TPSA) is 74.2 Å². The lowest BCUT2D eigenvalue weighted by Gasteiger charge is -2.35. The summed E-state index contributed by atoms with van der Waals surface area (Å²) in [5.74, 6) is -0.353. The van der Waals surface area contributed by atoms with Crippen LogP contribution < -0.4 is 9.47 Å². The van der Waals surface area contributed by atoms with E-state index in [1.165, 1.54) is 0 Å². The number of nitrogens with zero attached hydrogens (tertiary/aromatic N) is 1. The highest BCUT2D eigenvalue weighted by atomic mass is 16.5. The van der Waals surface area contributed by atoms with Crippen LogP contribution in [0.3, 0.4) is 0 Å². The second kappa shape index (κ2) is 10.0. The molecule has 0 saturated heterocycles. The first-order chi connectivity index (χ1) is 16.0. The molecule has 0 saturated carbocycles. The minimum atomic E-state index is -0.706. The zero-order valence-electron chi connectivity index (χ0n) is 19.3. The second-order valence-electron chi connectivity index (χ2n) is 8.36.